The van der Waals surface area contributed by atoms with Gasteiger partial charge in [0.2, 0.25) is 5.91 Å². The molecular weight excluding hydrogens is 459 g/mol. The van der Waals surface area contributed by atoms with E-state index in [-0.39, 0.29) is 30.7 Å². The third-order valence-electron chi connectivity index (χ3n) is 7.65. The number of aromatic nitrogens is 1. The first-order valence-electron chi connectivity index (χ1n) is 12.2. The molecule has 2 saturated carbocycles. The number of alkyl halides is 3. The normalized spacial score (nSPS) is 25.0. The van der Waals surface area contributed by atoms with Gasteiger partial charge in [0, 0.05) is 42.5 Å². The van der Waals surface area contributed by atoms with Crippen LogP contribution in [0.2, 0.25) is 0 Å². The second-order valence-corrected chi connectivity index (χ2v) is 9.95. The number of morpholine rings is 1. The molecule has 6 rings (SSSR count). The van der Waals surface area contributed by atoms with Crippen molar-refractivity contribution in [1.29, 1.82) is 0 Å². The van der Waals surface area contributed by atoms with Gasteiger partial charge >= 0.3 is 6.18 Å². The first-order chi connectivity index (χ1) is 16.8. The maximum atomic E-state index is 13.7. The standard InChI is InChI=1S/C25H28F3N5O2/c26-25(27,28)24(5-6-24)31-18-12-17(13-18)23(34)33-15-16-2-1-7-29-22(16)30-20-4-3-19(14-21(20)33)32-8-10-35-11-9-32/h1-4,7,14,17-18,31H,5-6,8-13,15H2,(H,29,30)/t17-,18-. The van der Waals surface area contributed by atoms with Crippen LogP contribution in [0.1, 0.15) is 31.2 Å². The minimum absolute atomic E-state index is 0.0567. The quantitative estimate of drug-likeness (QED) is 0.680. The number of carbonyl (C=O) groups is 1. The fraction of sp³-hybridized carbons (Fsp3) is 0.520. The van der Waals surface area contributed by atoms with Crippen molar-refractivity contribution in [2.45, 2.75) is 50.0 Å². The molecule has 0 atom stereocenters. The zero-order valence-corrected chi connectivity index (χ0v) is 19.3. The molecule has 0 spiro atoms. The van der Waals surface area contributed by atoms with Crippen molar-refractivity contribution in [2.75, 3.05) is 41.4 Å². The van der Waals surface area contributed by atoms with E-state index in [9.17, 15) is 18.0 Å². The van der Waals surface area contributed by atoms with Crippen LogP contribution >= 0.6 is 0 Å². The molecule has 3 fully saturated rings. The molecule has 2 aliphatic carbocycles. The van der Waals surface area contributed by atoms with E-state index in [1.165, 1.54) is 0 Å². The Morgan fingerprint density at radius 1 is 1.17 bits per heavy atom. The van der Waals surface area contributed by atoms with Crippen LogP contribution in [0.4, 0.5) is 36.1 Å². The van der Waals surface area contributed by atoms with Gasteiger partial charge in [-0.2, -0.15) is 13.2 Å². The molecule has 3 heterocycles. The van der Waals surface area contributed by atoms with E-state index in [0.717, 1.165) is 35.7 Å². The van der Waals surface area contributed by atoms with Crippen molar-refractivity contribution in [1.82, 2.24) is 10.3 Å². The highest BCUT2D eigenvalue weighted by Crippen LogP contribution is 2.51. The summed E-state index contributed by atoms with van der Waals surface area (Å²) >= 11 is 0. The number of benzene rings is 1. The minimum Gasteiger partial charge on any atom is -0.378 e. The van der Waals surface area contributed by atoms with Crippen molar-refractivity contribution in [2.24, 2.45) is 5.92 Å². The van der Waals surface area contributed by atoms with Crippen LogP contribution in [0.5, 0.6) is 0 Å². The average Bonchev–Trinajstić information content (AvgIpc) is 3.64. The fourth-order valence-electron chi connectivity index (χ4n) is 5.31. The monoisotopic (exact) mass is 487 g/mol. The molecule has 1 aromatic carbocycles. The van der Waals surface area contributed by atoms with Crippen molar-refractivity contribution in [3.63, 3.8) is 0 Å². The fourth-order valence-corrected chi connectivity index (χ4v) is 5.31. The second kappa shape index (κ2) is 8.37. The molecule has 1 saturated heterocycles. The number of rotatable bonds is 4. The molecule has 0 bridgehead atoms. The van der Waals surface area contributed by atoms with Crippen LogP contribution in [0, 0.1) is 5.92 Å². The number of ether oxygens (including phenoxy) is 1. The summed E-state index contributed by atoms with van der Waals surface area (Å²) in [6, 6.07) is 9.52. The number of anilines is 4. The zero-order valence-electron chi connectivity index (χ0n) is 19.3. The molecule has 1 aromatic heterocycles. The van der Waals surface area contributed by atoms with Gasteiger partial charge in [0.15, 0.2) is 0 Å². The van der Waals surface area contributed by atoms with Gasteiger partial charge in [0.25, 0.3) is 0 Å². The van der Waals surface area contributed by atoms with Gasteiger partial charge in [-0.05, 0) is 49.9 Å². The highest BCUT2D eigenvalue weighted by molar-refractivity contribution is 6.00. The van der Waals surface area contributed by atoms with E-state index in [1.54, 1.807) is 11.1 Å². The van der Waals surface area contributed by atoms with E-state index in [0.29, 0.717) is 38.4 Å². The number of hydrogen-bond acceptors (Lipinski definition) is 6. The highest BCUT2D eigenvalue weighted by atomic mass is 19.4. The summed E-state index contributed by atoms with van der Waals surface area (Å²) in [7, 11) is 0. The van der Waals surface area contributed by atoms with Crippen LogP contribution in [0.25, 0.3) is 0 Å². The Balaban J connectivity index is 1.25. The lowest BCUT2D eigenvalue weighted by molar-refractivity contribution is -0.170. The van der Waals surface area contributed by atoms with Crippen LogP contribution in [-0.4, -0.2) is 55.0 Å². The maximum absolute atomic E-state index is 13.7. The number of carbonyl (C=O) groups excluding carboxylic acids is 1. The molecule has 2 aromatic rings. The maximum Gasteiger partial charge on any atom is 0.406 e. The number of nitrogens with zero attached hydrogens (tertiary/aromatic N) is 3. The Hall–Kier alpha value is -2.85. The van der Waals surface area contributed by atoms with Gasteiger partial charge in [-0.15, -0.1) is 0 Å². The molecule has 35 heavy (non-hydrogen) atoms. The minimum atomic E-state index is -4.25. The second-order valence-electron chi connectivity index (χ2n) is 9.95. The third kappa shape index (κ3) is 4.12. The van der Waals surface area contributed by atoms with Gasteiger partial charge in [0.05, 0.1) is 31.1 Å². The van der Waals surface area contributed by atoms with Crippen LogP contribution in [-0.2, 0) is 16.1 Å². The Kier molecular flexibility index (Phi) is 5.41. The van der Waals surface area contributed by atoms with Crippen molar-refractivity contribution < 1.29 is 22.7 Å². The molecule has 4 aliphatic rings. The Morgan fingerprint density at radius 3 is 2.66 bits per heavy atom. The smallest absolute Gasteiger partial charge is 0.378 e. The van der Waals surface area contributed by atoms with Gasteiger partial charge in [-0.1, -0.05) is 6.07 Å². The summed E-state index contributed by atoms with van der Waals surface area (Å²) in [5, 5.41) is 6.17. The van der Waals surface area contributed by atoms with Gasteiger partial charge in [0.1, 0.15) is 11.4 Å². The number of nitrogens with one attached hydrogen (secondary N) is 2. The summed E-state index contributed by atoms with van der Waals surface area (Å²) in [5.74, 6) is 0.339. The third-order valence-corrected chi connectivity index (χ3v) is 7.65. The first kappa shape index (κ1) is 22.6. The van der Waals surface area contributed by atoms with Crippen molar-refractivity contribution >= 4 is 28.8 Å². The zero-order chi connectivity index (χ0) is 24.2. The summed E-state index contributed by atoms with van der Waals surface area (Å²) in [6.07, 6.45) is -1.47. The van der Waals surface area contributed by atoms with Crippen LogP contribution in [0.3, 0.4) is 0 Å². The number of pyridine rings is 1. The summed E-state index contributed by atoms with van der Waals surface area (Å²) in [5.41, 5.74) is 1.72. The predicted molar refractivity (Wildman–Crippen MR) is 126 cm³/mol. The molecule has 2 N–H and O–H groups in total. The topological polar surface area (TPSA) is 69.7 Å². The Bertz CT molecular complexity index is 1120. The molecule has 10 heteroatoms. The largest absolute Gasteiger partial charge is 0.406 e. The van der Waals surface area contributed by atoms with Crippen LogP contribution < -0.4 is 20.4 Å². The van der Waals surface area contributed by atoms with E-state index in [4.69, 9.17) is 4.74 Å². The SMILES string of the molecule is O=C([C@H]1C[C@H](NC2(C(F)(F)F)CC2)C1)N1Cc2cccnc2Nc2ccc(N3CCOCC3)cc21. The number of fused-ring (bicyclic) bond motifs is 2. The van der Waals surface area contributed by atoms with Crippen LogP contribution in [0.15, 0.2) is 36.5 Å². The van der Waals surface area contributed by atoms with E-state index >= 15 is 0 Å². The van der Waals surface area contributed by atoms with E-state index in [2.05, 4.69) is 20.5 Å². The Labute approximate surface area is 201 Å². The highest BCUT2D eigenvalue weighted by Gasteiger charge is 2.64. The molecule has 7 nitrogen and oxygen atoms in total. The molecule has 1 amide bonds. The molecule has 0 radical (unpaired) electrons. The lowest BCUT2D eigenvalue weighted by atomic mass is 9.78. The summed E-state index contributed by atoms with van der Waals surface area (Å²) in [4.78, 5) is 22.2. The molecular formula is C25H28F3N5O2. The van der Waals surface area contributed by atoms with Gasteiger partial charge < -0.3 is 25.2 Å². The predicted octanol–water partition coefficient (Wildman–Crippen LogP) is 3.97. The average molecular weight is 488 g/mol. The summed E-state index contributed by atoms with van der Waals surface area (Å²) in [6.45, 7) is 3.22. The molecule has 0 unspecified atom stereocenters. The number of hydrogen-bond donors (Lipinski definition) is 2. The first-order valence-corrected chi connectivity index (χ1v) is 12.2. The number of amides is 1. The molecule has 186 valence electrons. The Morgan fingerprint density at radius 2 is 1.94 bits per heavy atom. The van der Waals surface area contributed by atoms with Crippen molar-refractivity contribution in [3.05, 3.63) is 42.1 Å². The lowest BCUT2D eigenvalue weighted by Crippen LogP contribution is -2.56. The summed E-state index contributed by atoms with van der Waals surface area (Å²) < 4.78 is 45.5. The van der Waals surface area contributed by atoms with Gasteiger partial charge in [-0.25, -0.2) is 4.98 Å². The number of halogens is 3. The molecule has 2 aliphatic heterocycles. The van der Waals surface area contributed by atoms with E-state index in [1.807, 2.05) is 30.3 Å². The van der Waals surface area contributed by atoms with Gasteiger partial charge in [-0.3, -0.25) is 4.79 Å². The van der Waals surface area contributed by atoms with Crippen molar-refractivity contribution in [3.8, 4) is 0 Å². The van der Waals surface area contributed by atoms with E-state index < -0.39 is 11.7 Å². The lowest BCUT2D eigenvalue weighted by Gasteiger charge is -2.40.